The normalized spacial score (nSPS) is 23.6. The first kappa shape index (κ1) is 18.8. The van der Waals surface area contributed by atoms with E-state index >= 15 is 0 Å². The Labute approximate surface area is 167 Å². The van der Waals surface area contributed by atoms with Gasteiger partial charge in [0.25, 0.3) is 0 Å². The molecule has 2 aliphatic heterocycles. The minimum atomic E-state index is -0.833. The van der Waals surface area contributed by atoms with E-state index in [-0.39, 0.29) is 5.92 Å². The Kier molecular flexibility index (Phi) is 5.09. The first-order valence-corrected chi connectivity index (χ1v) is 9.44. The van der Waals surface area contributed by atoms with Gasteiger partial charge in [0.2, 0.25) is 0 Å². The van der Waals surface area contributed by atoms with Crippen molar-refractivity contribution in [2.75, 3.05) is 6.54 Å². The van der Waals surface area contributed by atoms with Crippen LogP contribution in [0, 0.1) is 11.3 Å². The minimum Gasteiger partial charge on any atom is -0.480 e. The maximum atomic E-state index is 11.2. The summed E-state index contributed by atoms with van der Waals surface area (Å²) in [6.07, 6.45) is 5.99. The van der Waals surface area contributed by atoms with Crippen LogP contribution in [0.1, 0.15) is 18.4 Å². The summed E-state index contributed by atoms with van der Waals surface area (Å²) in [4.78, 5) is 20.4. The zero-order chi connectivity index (χ0) is 20.4. The van der Waals surface area contributed by atoms with E-state index < -0.39 is 12.0 Å². The van der Waals surface area contributed by atoms with E-state index in [1.807, 2.05) is 30.3 Å². The van der Waals surface area contributed by atoms with Crippen LogP contribution in [-0.2, 0) is 4.79 Å². The van der Waals surface area contributed by atoms with E-state index in [2.05, 4.69) is 15.6 Å². The molecule has 0 saturated carbocycles. The molecule has 29 heavy (non-hydrogen) atoms. The summed E-state index contributed by atoms with van der Waals surface area (Å²) in [7, 11) is 0. The van der Waals surface area contributed by atoms with Crippen molar-refractivity contribution in [3.8, 4) is 0 Å². The summed E-state index contributed by atoms with van der Waals surface area (Å²) in [5, 5.41) is 24.3. The third-order valence-corrected chi connectivity index (χ3v) is 5.26. The molecular formula is C21H22N6O2. The molecule has 2 aliphatic rings. The number of carboxylic acids is 1. The molecule has 3 heterocycles. The number of nitrogens with zero attached hydrogens (tertiary/aromatic N) is 2. The number of carboxylic acid groups (broad SMARTS) is 1. The van der Waals surface area contributed by atoms with Gasteiger partial charge in [-0.1, -0.05) is 24.3 Å². The highest BCUT2D eigenvalue weighted by molar-refractivity contribution is 6.15. The van der Waals surface area contributed by atoms with E-state index in [1.165, 1.54) is 6.21 Å². The molecule has 1 aromatic heterocycles. The lowest BCUT2D eigenvalue weighted by Gasteiger charge is -2.29. The molecule has 0 radical (unpaired) electrons. The Morgan fingerprint density at radius 1 is 1.28 bits per heavy atom. The Bertz CT molecular complexity index is 1060. The lowest BCUT2D eigenvalue weighted by Crippen LogP contribution is -2.46. The minimum absolute atomic E-state index is 0.0545. The number of benzene rings is 1. The van der Waals surface area contributed by atoms with Crippen molar-refractivity contribution in [2.24, 2.45) is 16.6 Å². The fourth-order valence-electron chi connectivity index (χ4n) is 3.77. The van der Waals surface area contributed by atoms with Gasteiger partial charge in [0, 0.05) is 47.5 Å². The molecule has 0 spiro atoms. The van der Waals surface area contributed by atoms with Crippen molar-refractivity contribution >= 4 is 34.4 Å². The number of nitrogens with two attached hydrogens (primary N) is 1. The number of aromatic nitrogens is 1. The summed E-state index contributed by atoms with van der Waals surface area (Å²) in [5.74, 6) is 0.158. The van der Waals surface area contributed by atoms with Crippen LogP contribution >= 0.6 is 0 Å². The molecule has 8 heteroatoms. The standard InChI is InChI=1S/C21H22N6O2/c22-10-15(14-5-1-3-12-4-2-8-24-19(12)14)20-26-17(9-18(23)27-20)13-6-7-16(21(28)29)25-11-13/h1-5,8-10,13,16,22,25,27H,6-7,11,23H2,(H,28,29)/b20-15+,22-10?. The third-order valence-electron chi connectivity index (χ3n) is 5.26. The maximum absolute atomic E-state index is 11.2. The molecule has 1 saturated heterocycles. The molecule has 6 N–H and O–H groups in total. The van der Waals surface area contributed by atoms with E-state index in [9.17, 15) is 4.79 Å². The monoisotopic (exact) mass is 390 g/mol. The number of aliphatic imine (C=N–C) groups is 1. The molecule has 8 nitrogen and oxygen atoms in total. The highest BCUT2D eigenvalue weighted by Crippen LogP contribution is 2.27. The summed E-state index contributed by atoms with van der Waals surface area (Å²) < 4.78 is 0. The SMILES string of the molecule is N=C/C(=C1/N=C(C2CCC(C(=O)O)NC2)C=C(N)N1)c1cccc2cccnc12. The van der Waals surface area contributed by atoms with Crippen LogP contribution in [0.3, 0.4) is 0 Å². The topological polar surface area (TPSA) is 136 Å². The van der Waals surface area contributed by atoms with Crippen LogP contribution in [0.5, 0.6) is 0 Å². The Morgan fingerprint density at radius 2 is 2.10 bits per heavy atom. The number of pyridine rings is 1. The number of hydrogen-bond donors (Lipinski definition) is 5. The quantitative estimate of drug-likeness (QED) is 0.505. The predicted molar refractivity (Wildman–Crippen MR) is 112 cm³/mol. The van der Waals surface area contributed by atoms with Gasteiger partial charge in [-0.2, -0.15) is 0 Å². The second-order valence-corrected chi connectivity index (χ2v) is 7.12. The fourth-order valence-corrected chi connectivity index (χ4v) is 3.77. The molecule has 0 bridgehead atoms. The second-order valence-electron chi connectivity index (χ2n) is 7.12. The van der Waals surface area contributed by atoms with Crippen molar-refractivity contribution in [1.82, 2.24) is 15.6 Å². The van der Waals surface area contributed by atoms with Crippen LogP contribution in [0.4, 0.5) is 0 Å². The summed E-state index contributed by atoms with van der Waals surface area (Å²) >= 11 is 0. The van der Waals surface area contributed by atoms with Crippen LogP contribution in [0.2, 0.25) is 0 Å². The van der Waals surface area contributed by atoms with Gasteiger partial charge in [0.05, 0.1) is 11.2 Å². The first-order chi connectivity index (χ1) is 14.1. The Hall–Kier alpha value is -3.52. The number of rotatable bonds is 4. The lowest BCUT2D eigenvalue weighted by molar-refractivity contribution is -0.140. The van der Waals surface area contributed by atoms with Crippen molar-refractivity contribution < 1.29 is 9.90 Å². The molecule has 4 rings (SSSR count). The smallest absolute Gasteiger partial charge is 0.320 e. The van der Waals surface area contributed by atoms with Crippen molar-refractivity contribution in [2.45, 2.75) is 18.9 Å². The van der Waals surface area contributed by atoms with Gasteiger partial charge in [0.1, 0.15) is 17.7 Å². The number of carbonyl (C=O) groups is 1. The first-order valence-electron chi connectivity index (χ1n) is 9.44. The van der Waals surface area contributed by atoms with Gasteiger partial charge in [-0.15, -0.1) is 0 Å². The van der Waals surface area contributed by atoms with E-state index in [1.54, 1.807) is 12.3 Å². The molecule has 1 fully saturated rings. The number of aliphatic carboxylic acids is 1. The number of fused-ring (bicyclic) bond motifs is 1. The number of allylic oxidation sites excluding steroid dienone is 2. The second kappa shape index (κ2) is 7.84. The van der Waals surface area contributed by atoms with Crippen LogP contribution in [0.15, 0.2) is 59.2 Å². The maximum Gasteiger partial charge on any atom is 0.320 e. The summed E-state index contributed by atoms with van der Waals surface area (Å²) in [6.45, 7) is 0.516. The van der Waals surface area contributed by atoms with Gasteiger partial charge < -0.3 is 26.9 Å². The van der Waals surface area contributed by atoms with Gasteiger partial charge in [-0.25, -0.2) is 4.99 Å². The molecule has 0 amide bonds. The zero-order valence-electron chi connectivity index (χ0n) is 15.7. The van der Waals surface area contributed by atoms with Crippen molar-refractivity contribution in [3.05, 3.63) is 59.8 Å². The van der Waals surface area contributed by atoms with E-state index in [0.29, 0.717) is 36.6 Å². The zero-order valence-corrected chi connectivity index (χ0v) is 15.7. The van der Waals surface area contributed by atoms with Crippen LogP contribution in [0.25, 0.3) is 16.5 Å². The van der Waals surface area contributed by atoms with Crippen molar-refractivity contribution in [1.29, 1.82) is 5.41 Å². The Balaban J connectivity index is 1.72. The fraction of sp³-hybridized carbons (Fsp3) is 0.238. The predicted octanol–water partition coefficient (Wildman–Crippen LogP) is 1.85. The number of nitrogens with one attached hydrogen (secondary N) is 3. The number of para-hydroxylation sites is 1. The molecule has 148 valence electrons. The van der Waals surface area contributed by atoms with Gasteiger partial charge in [-0.05, 0) is 18.9 Å². The largest absolute Gasteiger partial charge is 0.480 e. The number of hydrogen-bond acceptors (Lipinski definition) is 7. The molecule has 1 aromatic carbocycles. The highest BCUT2D eigenvalue weighted by atomic mass is 16.4. The van der Waals surface area contributed by atoms with Gasteiger partial charge in [-0.3, -0.25) is 9.78 Å². The summed E-state index contributed by atoms with van der Waals surface area (Å²) in [6, 6.07) is 9.13. The lowest BCUT2D eigenvalue weighted by atomic mass is 9.90. The van der Waals surface area contributed by atoms with Gasteiger partial charge in [0.15, 0.2) is 0 Å². The summed E-state index contributed by atoms with van der Waals surface area (Å²) in [5.41, 5.74) is 9.07. The highest BCUT2D eigenvalue weighted by Gasteiger charge is 2.29. The van der Waals surface area contributed by atoms with E-state index in [4.69, 9.17) is 21.2 Å². The molecular weight excluding hydrogens is 368 g/mol. The van der Waals surface area contributed by atoms with Gasteiger partial charge >= 0.3 is 5.97 Å². The van der Waals surface area contributed by atoms with Crippen LogP contribution in [-0.4, -0.2) is 40.6 Å². The molecule has 2 atom stereocenters. The van der Waals surface area contributed by atoms with E-state index in [0.717, 1.165) is 22.2 Å². The number of piperidine rings is 1. The molecule has 0 aliphatic carbocycles. The third kappa shape index (κ3) is 3.74. The molecule has 2 aromatic rings. The van der Waals surface area contributed by atoms with Crippen molar-refractivity contribution in [3.63, 3.8) is 0 Å². The average Bonchev–Trinajstić information content (AvgIpc) is 2.74. The Morgan fingerprint density at radius 3 is 2.83 bits per heavy atom. The average molecular weight is 390 g/mol. The molecule has 2 unspecified atom stereocenters. The van der Waals surface area contributed by atoms with Crippen LogP contribution < -0.4 is 16.4 Å².